The molecule has 7 heteroatoms. The van der Waals surface area contributed by atoms with Gasteiger partial charge >= 0.3 is 0 Å². The number of rotatable bonds is 5. The summed E-state index contributed by atoms with van der Waals surface area (Å²) < 4.78 is 5.35. The standard InChI is InChI=1S/C18H26N4O2.HI/c1-20-17(22-9-8-18(13-22)6-3-7-18)21-11-14-4-2-5-15(10-14)24-12-16(19)23;/h2,4-5,10H,3,6-9,11-13H2,1H3,(H2,19,23)(H,20,21);1H. The van der Waals surface area contributed by atoms with Crippen LogP contribution in [0.15, 0.2) is 29.3 Å². The number of primary amides is 1. The van der Waals surface area contributed by atoms with E-state index in [9.17, 15) is 4.79 Å². The van der Waals surface area contributed by atoms with Crippen molar-refractivity contribution in [2.24, 2.45) is 16.1 Å². The molecule has 2 aliphatic rings. The lowest BCUT2D eigenvalue weighted by atomic mass is 9.68. The molecule has 0 radical (unpaired) electrons. The first-order valence-electron chi connectivity index (χ1n) is 8.56. The normalized spacial score (nSPS) is 18.4. The molecule has 25 heavy (non-hydrogen) atoms. The zero-order chi connectivity index (χ0) is 17.0. The minimum Gasteiger partial charge on any atom is -0.484 e. The van der Waals surface area contributed by atoms with Crippen molar-refractivity contribution in [1.82, 2.24) is 10.2 Å². The number of ether oxygens (including phenoxy) is 1. The van der Waals surface area contributed by atoms with Crippen LogP contribution in [-0.2, 0) is 11.3 Å². The highest BCUT2D eigenvalue weighted by Crippen LogP contribution is 2.47. The zero-order valence-corrected chi connectivity index (χ0v) is 17.0. The average molecular weight is 458 g/mol. The summed E-state index contributed by atoms with van der Waals surface area (Å²) in [6.07, 6.45) is 5.38. The molecule has 138 valence electrons. The van der Waals surface area contributed by atoms with Gasteiger partial charge in [0, 0.05) is 26.7 Å². The second kappa shape index (κ2) is 8.73. The van der Waals surface area contributed by atoms with Crippen molar-refractivity contribution < 1.29 is 9.53 Å². The molecule has 1 amide bonds. The third-order valence-electron chi connectivity index (χ3n) is 5.09. The highest BCUT2D eigenvalue weighted by Gasteiger charge is 2.43. The summed E-state index contributed by atoms with van der Waals surface area (Å²) in [6.45, 7) is 2.77. The SMILES string of the molecule is CN=C(NCc1cccc(OCC(N)=O)c1)N1CCC2(CCC2)C1.I. The van der Waals surface area contributed by atoms with Crippen molar-refractivity contribution in [1.29, 1.82) is 0 Å². The molecule has 1 heterocycles. The molecule has 1 spiro atoms. The molecule has 1 aliphatic carbocycles. The number of nitrogens with two attached hydrogens (primary N) is 1. The van der Waals surface area contributed by atoms with Gasteiger partial charge in [0.2, 0.25) is 0 Å². The maximum Gasteiger partial charge on any atom is 0.255 e. The molecule has 1 aromatic carbocycles. The summed E-state index contributed by atoms with van der Waals surface area (Å²) in [5.41, 5.74) is 6.74. The summed E-state index contributed by atoms with van der Waals surface area (Å²) in [7, 11) is 1.83. The number of nitrogens with one attached hydrogen (secondary N) is 1. The predicted octanol–water partition coefficient (Wildman–Crippen LogP) is 2.12. The molecule has 3 N–H and O–H groups in total. The van der Waals surface area contributed by atoms with Crippen LogP contribution in [-0.4, -0.2) is 43.5 Å². The third-order valence-corrected chi connectivity index (χ3v) is 5.09. The van der Waals surface area contributed by atoms with E-state index in [0.29, 0.717) is 17.7 Å². The molecule has 0 bridgehead atoms. The number of hydrogen-bond acceptors (Lipinski definition) is 3. The Morgan fingerprint density at radius 2 is 2.20 bits per heavy atom. The van der Waals surface area contributed by atoms with Crippen LogP contribution in [0.25, 0.3) is 0 Å². The van der Waals surface area contributed by atoms with E-state index in [4.69, 9.17) is 10.5 Å². The Hall–Kier alpha value is -1.51. The molecule has 1 saturated carbocycles. The molecule has 3 rings (SSSR count). The number of amides is 1. The van der Waals surface area contributed by atoms with Crippen molar-refractivity contribution >= 4 is 35.8 Å². The third kappa shape index (κ3) is 4.99. The van der Waals surface area contributed by atoms with Gasteiger partial charge in [-0.1, -0.05) is 18.6 Å². The number of halogens is 1. The molecule has 6 nitrogen and oxygen atoms in total. The van der Waals surface area contributed by atoms with Gasteiger partial charge in [-0.2, -0.15) is 0 Å². The predicted molar refractivity (Wildman–Crippen MR) is 109 cm³/mol. The lowest BCUT2D eigenvalue weighted by molar-refractivity contribution is -0.119. The molecule has 1 aromatic rings. The van der Waals surface area contributed by atoms with Crippen LogP contribution < -0.4 is 15.8 Å². The first-order chi connectivity index (χ1) is 11.6. The quantitative estimate of drug-likeness (QED) is 0.403. The zero-order valence-electron chi connectivity index (χ0n) is 14.7. The average Bonchev–Trinajstić information content (AvgIpc) is 3.00. The Morgan fingerprint density at radius 1 is 1.40 bits per heavy atom. The number of carbonyl (C=O) groups is 1. The number of guanidine groups is 1. The maximum atomic E-state index is 10.8. The Balaban J connectivity index is 0.00000225. The summed E-state index contributed by atoms with van der Waals surface area (Å²) in [5, 5.41) is 3.43. The number of likely N-dealkylation sites (tertiary alicyclic amines) is 1. The lowest BCUT2D eigenvalue weighted by Crippen LogP contribution is -2.42. The summed E-state index contributed by atoms with van der Waals surface area (Å²) >= 11 is 0. The Bertz CT molecular complexity index is 631. The van der Waals surface area contributed by atoms with Gasteiger partial charge in [-0.15, -0.1) is 24.0 Å². The van der Waals surface area contributed by atoms with Crippen LogP contribution in [0.3, 0.4) is 0 Å². The van der Waals surface area contributed by atoms with E-state index in [-0.39, 0.29) is 30.6 Å². The molecule has 1 saturated heterocycles. The van der Waals surface area contributed by atoms with Crippen LogP contribution in [0.5, 0.6) is 5.75 Å². The van der Waals surface area contributed by atoms with E-state index < -0.39 is 5.91 Å². The van der Waals surface area contributed by atoms with Gasteiger partial charge in [0.1, 0.15) is 5.75 Å². The molecular weight excluding hydrogens is 431 g/mol. The van der Waals surface area contributed by atoms with Gasteiger partial charge in [0.25, 0.3) is 5.91 Å². The number of nitrogens with zero attached hydrogens (tertiary/aromatic N) is 2. The smallest absolute Gasteiger partial charge is 0.255 e. The highest BCUT2D eigenvalue weighted by atomic mass is 127. The summed E-state index contributed by atoms with van der Waals surface area (Å²) in [6, 6.07) is 7.67. The van der Waals surface area contributed by atoms with Gasteiger partial charge in [0.05, 0.1) is 0 Å². The van der Waals surface area contributed by atoms with Crippen molar-refractivity contribution in [3.8, 4) is 5.75 Å². The fraction of sp³-hybridized carbons (Fsp3) is 0.556. The molecule has 2 fully saturated rings. The van der Waals surface area contributed by atoms with E-state index in [1.54, 1.807) is 0 Å². The first kappa shape index (κ1) is 19.8. The minimum atomic E-state index is -0.474. The molecule has 1 aliphatic heterocycles. The fourth-order valence-electron chi connectivity index (χ4n) is 3.61. The molecular formula is C18H27IN4O2. The minimum absolute atomic E-state index is 0. The van der Waals surface area contributed by atoms with Crippen LogP contribution in [0.2, 0.25) is 0 Å². The van der Waals surface area contributed by atoms with Crippen LogP contribution in [0.4, 0.5) is 0 Å². The molecule has 0 atom stereocenters. The van der Waals surface area contributed by atoms with E-state index in [0.717, 1.165) is 24.6 Å². The second-order valence-electron chi connectivity index (χ2n) is 6.83. The van der Waals surface area contributed by atoms with Gasteiger partial charge in [-0.05, 0) is 42.4 Å². The van der Waals surface area contributed by atoms with Crippen molar-refractivity contribution in [2.45, 2.75) is 32.2 Å². The van der Waals surface area contributed by atoms with Crippen molar-refractivity contribution in [3.63, 3.8) is 0 Å². The number of aliphatic imine (C=N–C) groups is 1. The van der Waals surface area contributed by atoms with Crippen molar-refractivity contribution in [2.75, 3.05) is 26.7 Å². The van der Waals surface area contributed by atoms with Crippen LogP contribution in [0.1, 0.15) is 31.2 Å². The Labute approximate surface area is 166 Å². The lowest BCUT2D eigenvalue weighted by Gasteiger charge is -2.38. The van der Waals surface area contributed by atoms with Gasteiger partial charge in [-0.3, -0.25) is 9.79 Å². The summed E-state index contributed by atoms with van der Waals surface area (Å²) in [4.78, 5) is 17.6. The van der Waals surface area contributed by atoms with Crippen LogP contribution in [0, 0.1) is 5.41 Å². The Kier molecular flexibility index (Phi) is 6.92. The molecule has 0 unspecified atom stereocenters. The number of benzene rings is 1. The van der Waals surface area contributed by atoms with Crippen molar-refractivity contribution in [3.05, 3.63) is 29.8 Å². The van der Waals surface area contributed by atoms with E-state index in [1.165, 1.54) is 25.7 Å². The maximum absolute atomic E-state index is 10.8. The first-order valence-corrected chi connectivity index (χ1v) is 8.56. The number of carbonyl (C=O) groups excluding carboxylic acids is 1. The van der Waals surface area contributed by atoms with E-state index >= 15 is 0 Å². The van der Waals surface area contributed by atoms with E-state index in [1.807, 2.05) is 31.3 Å². The topological polar surface area (TPSA) is 80.0 Å². The van der Waals surface area contributed by atoms with Gasteiger partial charge in [-0.25, -0.2) is 0 Å². The van der Waals surface area contributed by atoms with Crippen LogP contribution >= 0.6 is 24.0 Å². The van der Waals surface area contributed by atoms with E-state index in [2.05, 4.69) is 15.2 Å². The number of hydrogen-bond donors (Lipinski definition) is 2. The largest absolute Gasteiger partial charge is 0.484 e. The summed E-state index contributed by atoms with van der Waals surface area (Å²) in [5.74, 6) is 1.14. The highest BCUT2D eigenvalue weighted by molar-refractivity contribution is 14.0. The second-order valence-corrected chi connectivity index (χ2v) is 6.83. The monoisotopic (exact) mass is 458 g/mol. The Morgan fingerprint density at radius 3 is 2.80 bits per heavy atom. The van der Waals surface area contributed by atoms with Gasteiger partial charge < -0.3 is 20.7 Å². The fourth-order valence-corrected chi connectivity index (χ4v) is 3.61. The molecule has 0 aromatic heterocycles. The van der Waals surface area contributed by atoms with Gasteiger partial charge in [0.15, 0.2) is 12.6 Å².